The van der Waals surface area contributed by atoms with Crippen molar-refractivity contribution in [3.05, 3.63) is 59.7 Å². The van der Waals surface area contributed by atoms with E-state index in [0.29, 0.717) is 18.5 Å². The number of urea groups is 1. The van der Waals surface area contributed by atoms with E-state index in [9.17, 15) is 23.2 Å². The van der Waals surface area contributed by atoms with E-state index in [4.69, 9.17) is 0 Å². The molecule has 1 aliphatic carbocycles. The molecule has 1 aliphatic heterocycles. The molecule has 2 N–H and O–H groups in total. The number of fused-ring (bicyclic) bond motifs is 2. The second-order valence-corrected chi connectivity index (χ2v) is 6.83. The second-order valence-electron chi connectivity index (χ2n) is 6.83. The summed E-state index contributed by atoms with van der Waals surface area (Å²) in [5.41, 5.74) is 0.960. The van der Waals surface area contributed by atoms with Crippen molar-refractivity contribution in [1.29, 1.82) is 0 Å². The SMILES string of the molecule is O=C(CN1C(=O)N[C@@]2(CCc3ccccc32)C1=O)Nc1ccc(OC(F)F)cc1. The summed E-state index contributed by atoms with van der Waals surface area (Å²) in [5.74, 6) is -1.09. The Morgan fingerprint density at radius 2 is 1.90 bits per heavy atom. The van der Waals surface area contributed by atoms with Gasteiger partial charge in [0.2, 0.25) is 5.91 Å². The van der Waals surface area contributed by atoms with Gasteiger partial charge in [-0.1, -0.05) is 24.3 Å². The summed E-state index contributed by atoms with van der Waals surface area (Å²) in [4.78, 5) is 38.7. The van der Waals surface area contributed by atoms with Crippen LogP contribution in [0, 0.1) is 0 Å². The molecule has 4 rings (SSSR count). The van der Waals surface area contributed by atoms with Gasteiger partial charge in [-0.25, -0.2) is 4.79 Å². The van der Waals surface area contributed by atoms with Gasteiger partial charge in [-0.3, -0.25) is 14.5 Å². The first-order chi connectivity index (χ1) is 13.9. The number of nitrogens with zero attached hydrogens (tertiary/aromatic N) is 1. The van der Waals surface area contributed by atoms with E-state index in [1.54, 1.807) is 0 Å². The van der Waals surface area contributed by atoms with Crippen molar-refractivity contribution in [3.63, 3.8) is 0 Å². The fourth-order valence-electron chi connectivity index (χ4n) is 3.80. The van der Waals surface area contributed by atoms with Crippen LogP contribution in [0.25, 0.3) is 0 Å². The van der Waals surface area contributed by atoms with Crippen molar-refractivity contribution in [2.45, 2.75) is 25.0 Å². The van der Waals surface area contributed by atoms with Crippen molar-refractivity contribution < 1.29 is 27.9 Å². The third kappa shape index (κ3) is 3.39. The van der Waals surface area contributed by atoms with Crippen LogP contribution in [0.4, 0.5) is 19.3 Å². The van der Waals surface area contributed by atoms with E-state index < -0.39 is 36.5 Å². The Hall–Kier alpha value is -3.49. The fourth-order valence-corrected chi connectivity index (χ4v) is 3.80. The molecule has 0 bridgehead atoms. The molecule has 2 aromatic carbocycles. The van der Waals surface area contributed by atoms with Gasteiger partial charge in [-0.2, -0.15) is 8.78 Å². The van der Waals surface area contributed by atoms with Crippen molar-refractivity contribution in [2.24, 2.45) is 0 Å². The number of hydrogen-bond donors (Lipinski definition) is 2. The predicted octanol–water partition coefficient (Wildman–Crippen LogP) is 2.62. The minimum Gasteiger partial charge on any atom is -0.435 e. The maximum absolute atomic E-state index is 13.0. The van der Waals surface area contributed by atoms with Gasteiger partial charge in [-0.05, 0) is 48.2 Å². The molecule has 2 aliphatic rings. The normalized spacial score (nSPS) is 20.2. The fraction of sp³-hybridized carbons (Fsp3) is 0.250. The van der Waals surface area contributed by atoms with Gasteiger partial charge in [0.05, 0.1) is 0 Å². The molecule has 0 radical (unpaired) electrons. The maximum atomic E-state index is 13.0. The summed E-state index contributed by atoms with van der Waals surface area (Å²) in [7, 11) is 0. The smallest absolute Gasteiger partial charge is 0.387 e. The van der Waals surface area contributed by atoms with Crippen molar-refractivity contribution in [2.75, 3.05) is 11.9 Å². The number of imide groups is 1. The van der Waals surface area contributed by atoms with Crippen LogP contribution >= 0.6 is 0 Å². The molecule has 7 nitrogen and oxygen atoms in total. The number of benzene rings is 2. The maximum Gasteiger partial charge on any atom is 0.387 e. The first-order valence-electron chi connectivity index (χ1n) is 8.96. The molecule has 1 saturated heterocycles. The lowest BCUT2D eigenvalue weighted by Gasteiger charge is -2.22. The Kier molecular flexibility index (Phi) is 4.65. The number of anilines is 1. The highest BCUT2D eigenvalue weighted by molar-refractivity contribution is 6.10. The monoisotopic (exact) mass is 401 g/mol. The molecule has 0 saturated carbocycles. The highest BCUT2D eigenvalue weighted by Gasteiger charge is 2.55. The van der Waals surface area contributed by atoms with Crippen molar-refractivity contribution in [1.82, 2.24) is 10.2 Å². The number of hydrogen-bond acceptors (Lipinski definition) is 4. The molecule has 1 heterocycles. The topological polar surface area (TPSA) is 87.7 Å². The zero-order valence-corrected chi connectivity index (χ0v) is 15.2. The second kappa shape index (κ2) is 7.16. The Labute approximate surface area is 164 Å². The van der Waals surface area contributed by atoms with Crippen LogP contribution in [0.1, 0.15) is 17.5 Å². The molecule has 4 amide bonds. The van der Waals surface area contributed by atoms with Crippen LogP contribution in [0.15, 0.2) is 48.5 Å². The lowest BCUT2D eigenvalue weighted by atomic mass is 9.92. The van der Waals surface area contributed by atoms with E-state index in [2.05, 4.69) is 15.4 Å². The van der Waals surface area contributed by atoms with Crippen molar-refractivity contribution in [3.8, 4) is 5.75 Å². The van der Waals surface area contributed by atoms with Crippen molar-refractivity contribution >= 4 is 23.5 Å². The highest BCUT2D eigenvalue weighted by atomic mass is 19.3. The van der Waals surface area contributed by atoms with Crippen LogP contribution in [-0.2, 0) is 21.5 Å². The Bertz CT molecular complexity index is 980. The molecule has 150 valence electrons. The van der Waals surface area contributed by atoms with Crippen LogP contribution in [0.5, 0.6) is 5.75 Å². The lowest BCUT2D eigenvalue weighted by molar-refractivity contribution is -0.134. The van der Waals surface area contributed by atoms with Crippen LogP contribution in [-0.4, -0.2) is 35.9 Å². The van der Waals surface area contributed by atoms with E-state index in [0.717, 1.165) is 16.0 Å². The van der Waals surface area contributed by atoms with E-state index in [1.807, 2.05) is 24.3 Å². The Morgan fingerprint density at radius 3 is 2.62 bits per heavy atom. The molecule has 1 atom stereocenters. The predicted molar refractivity (Wildman–Crippen MR) is 98.4 cm³/mol. The standard InChI is InChI=1S/C20H17F2N3O4/c21-18(22)29-14-7-5-13(6-8-14)23-16(26)11-25-17(27)20(24-19(25)28)10-9-12-3-1-2-4-15(12)20/h1-8,18H,9-11H2,(H,23,26)(H,24,28)/t20-/m1/s1. The van der Waals surface area contributed by atoms with E-state index in [-0.39, 0.29) is 5.75 Å². The van der Waals surface area contributed by atoms with E-state index >= 15 is 0 Å². The minimum atomic E-state index is -2.94. The summed E-state index contributed by atoms with van der Waals surface area (Å²) >= 11 is 0. The third-order valence-corrected chi connectivity index (χ3v) is 5.09. The average Bonchev–Trinajstić information content (AvgIpc) is 3.17. The molecular formula is C20H17F2N3O4. The first kappa shape index (κ1) is 18.9. The van der Waals surface area contributed by atoms with Gasteiger partial charge in [0.15, 0.2) is 0 Å². The summed E-state index contributed by atoms with van der Waals surface area (Å²) in [5, 5.41) is 5.28. The highest BCUT2D eigenvalue weighted by Crippen LogP contribution is 2.41. The van der Waals surface area contributed by atoms with Gasteiger partial charge in [0.1, 0.15) is 17.8 Å². The molecule has 2 aromatic rings. The van der Waals surface area contributed by atoms with Gasteiger partial charge >= 0.3 is 12.6 Å². The van der Waals surface area contributed by atoms with Crippen LogP contribution in [0.2, 0.25) is 0 Å². The molecule has 9 heteroatoms. The number of aryl methyl sites for hydroxylation is 1. The molecule has 29 heavy (non-hydrogen) atoms. The van der Waals surface area contributed by atoms with Gasteiger partial charge in [0.25, 0.3) is 5.91 Å². The van der Waals surface area contributed by atoms with Gasteiger partial charge < -0.3 is 15.4 Å². The Balaban J connectivity index is 1.44. The molecule has 0 unspecified atom stereocenters. The van der Waals surface area contributed by atoms with E-state index in [1.165, 1.54) is 24.3 Å². The number of ether oxygens (including phenoxy) is 1. The largest absolute Gasteiger partial charge is 0.435 e. The number of carbonyl (C=O) groups excluding carboxylic acids is 3. The van der Waals surface area contributed by atoms with Gasteiger partial charge in [-0.15, -0.1) is 0 Å². The summed E-state index contributed by atoms with van der Waals surface area (Å²) in [6.45, 7) is -3.40. The average molecular weight is 401 g/mol. The number of halogens is 2. The van der Waals surface area contributed by atoms with Crippen LogP contribution < -0.4 is 15.4 Å². The lowest BCUT2D eigenvalue weighted by Crippen LogP contribution is -2.42. The zero-order chi connectivity index (χ0) is 20.6. The molecule has 1 fully saturated rings. The van der Waals surface area contributed by atoms with Gasteiger partial charge in [0, 0.05) is 5.69 Å². The summed E-state index contributed by atoms with van der Waals surface area (Å²) < 4.78 is 28.6. The zero-order valence-electron chi connectivity index (χ0n) is 15.2. The molecule has 0 aromatic heterocycles. The third-order valence-electron chi connectivity index (χ3n) is 5.09. The molecule has 1 spiro atoms. The number of rotatable bonds is 5. The summed E-state index contributed by atoms with van der Waals surface area (Å²) in [6.07, 6.45) is 1.11. The number of amides is 4. The summed E-state index contributed by atoms with van der Waals surface area (Å²) in [6, 6.07) is 12.1. The Morgan fingerprint density at radius 1 is 1.17 bits per heavy atom. The quantitative estimate of drug-likeness (QED) is 0.754. The van der Waals surface area contributed by atoms with Crippen LogP contribution in [0.3, 0.4) is 0 Å². The first-order valence-corrected chi connectivity index (χ1v) is 8.96. The number of alkyl halides is 2. The number of nitrogens with one attached hydrogen (secondary N) is 2. The number of carbonyl (C=O) groups is 3. The molecular weight excluding hydrogens is 384 g/mol. The minimum absolute atomic E-state index is 0.0473.